The third kappa shape index (κ3) is 2.50. The fraction of sp³-hybridized carbons (Fsp3) is 0.200. The van der Waals surface area contributed by atoms with E-state index in [9.17, 15) is 5.11 Å². The van der Waals surface area contributed by atoms with Crippen molar-refractivity contribution in [2.24, 2.45) is 0 Å². The number of halogens is 1. The number of aliphatic hydroxyl groups is 1. The van der Waals surface area contributed by atoms with Crippen molar-refractivity contribution >= 4 is 23.0 Å². The van der Waals surface area contributed by atoms with E-state index < -0.39 is 0 Å². The van der Waals surface area contributed by atoms with Gasteiger partial charge in [0.1, 0.15) is 0 Å². The molecule has 0 aliphatic rings. The van der Waals surface area contributed by atoms with Crippen LogP contribution in [0.15, 0.2) is 42.5 Å². The Balaban J connectivity index is 2.45. The minimum atomic E-state index is -0.0217. The molecular weight excluding hydrogens is 246 g/mol. The Hall–Kier alpha value is -1.51. The molecule has 18 heavy (non-hydrogen) atoms. The third-order valence-electron chi connectivity index (χ3n) is 3.00. The lowest BCUT2D eigenvalue weighted by atomic mass is 10.1. The van der Waals surface area contributed by atoms with E-state index >= 15 is 0 Å². The van der Waals surface area contributed by atoms with Crippen molar-refractivity contribution in [1.29, 1.82) is 0 Å². The zero-order valence-corrected chi connectivity index (χ0v) is 11.3. The maximum atomic E-state index is 9.40. The molecule has 2 rings (SSSR count). The Morgan fingerprint density at radius 2 is 1.78 bits per heavy atom. The van der Waals surface area contributed by atoms with Crippen LogP contribution in [0, 0.1) is 6.92 Å². The molecule has 0 radical (unpaired) electrons. The molecule has 0 aromatic heterocycles. The molecule has 0 saturated carbocycles. The van der Waals surface area contributed by atoms with Crippen molar-refractivity contribution < 1.29 is 5.11 Å². The standard InChI is InChI=1S/C15H16ClNO/c1-11-6-8-13(9-7-11)17(2)15-12(10-18)4-3-5-14(15)16/h3-9,18H,10H2,1-2H3. The lowest BCUT2D eigenvalue weighted by Gasteiger charge is -2.23. The zero-order valence-electron chi connectivity index (χ0n) is 10.5. The Bertz CT molecular complexity index is 537. The summed E-state index contributed by atoms with van der Waals surface area (Å²) < 4.78 is 0. The molecule has 0 atom stereocenters. The van der Waals surface area contributed by atoms with Crippen LogP contribution in [0.2, 0.25) is 5.02 Å². The Morgan fingerprint density at radius 1 is 1.11 bits per heavy atom. The first-order valence-electron chi connectivity index (χ1n) is 5.82. The van der Waals surface area contributed by atoms with Gasteiger partial charge in [0.15, 0.2) is 0 Å². The lowest BCUT2D eigenvalue weighted by molar-refractivity contribution is 0.282. The van der Waals surface area contributed by atoms with E-state index in [-0.39, 0.29) is 6.61 Å². The maximum absolute atomic E-state index is 9.40. The molecule has 0 spiro atoms. The van der Waals surface area contributed by atoms with Crippen molar-refractivity contribution in [2.75, 3.05) is 11.9 Å². The third-order valence-corrected chi connectivity index (χ3v) is 3.30. The highest BCUT2D eigenvalue weighted by Crippen LogP contribution is 2.33. The predicted octanol–water partition coefficient (Wildman–Crippen LogP) is 3.91. The highest BCUT2D eigenvalue weighted by molar-refractivity contribution is 6.33. The number of rotatable bonds is 3. The molecule has 0 unspecified atom stereocenters. The van der Waals surface area contributed by atoms with Gasteiger partial charge in [0.2, 0.25) is 0 Å². The monoisotopic (exact) mass is 261 g/mol. The van der Waals surface area contributed by atoms with Crippen LogP contribution < -0.4 is 4.90 Å². The first kappa shape index (κ1) is 12.9. The summed E-state index contributed by atoms with van der Waals surface area (Å²) in [6.45, 7) is 2.03. The maximum Gasteiger partial charge on any atom is 0.0702 e. The van der Waals surface area contributed by atoms with Gasteiger partial charge in [-0.1, -0.05) is 41.4 Å². The molecule has 3 heteroatoms. The topological polar surface area (TPSA) is 23.5 Å². The quantitative estimate of drug-likeness (QED) is 0.906. The van der Waals surface area contributed by atoms with E-state index in [1.165, 1.54) is 5.56 Å². The molecule has 0 amide bonds. The van der Waals surface area contributed by atoms with Crippen LogP contribution in [0.25, 0.3) is 0 Å². The van der Waals surface area contributed by atoms with Crippen molar-refractivity contribution in [3.05, 3.63) is 58.6 Å². The molecule has 0 saturated heterocycles. The Morgan fingerprint density at radius 3 is 2.39 bits per heavy atom. The number of hydrogen-bond donors (Lipinski definition) is 1. The minimum Gasteiger partial charge on any atom is -0.392 e. The molecule has 2 aromatic carbocycles. The van der Waals surface area contributed by atoms with Gasteiger partial charge in [-0.3, -0.25) is 0 Å². The summed E-state index contributed by atoms with van der Waals surface area (Å²) in [7, 11) is 1.95. The number of para-hydroxylation sites is 1. The minimum absolute atomic E-state index is 0.0217. The molecule has 1 N–H and O–H groups in total. The molecular formula is C15H16ClNO. The van der Waals surface area contributed by atoms with E-state index in [0.717, 1.165) is 16.9 Å². The second-order valence-corrected chi connectivity index (χ2v) is 4.71. The van der Waals surface area contributed by atoms with Crippen molar-refractivity contribution in [1.82, 2.24) is 0 Å². The van der Waals surface area contributed by atoms with Crippen LogP contribution in [0.4, 0.5) is 11.4 Å². The fourth-order valence-corrected chi connectivity index (χ4v) is 2.28. The van der Waals surface area contributed by atoms with Crippen molar-refractivity contribution in [3.63, 3.8) is 0 Å². The molecule has 0 aliphatic heterocycles. The number of aliphatic hydroxyl groups excluding tert-OH is 1. The van der Waals surface area contributed by atoms with E-state index in [1.807, 2.05) is 42.3 Å². The lowest BCUT2D eigenvalue weighted by Crippen LogP contribution is -2.12. The second kappa shape index (κ2) is 5.42. The van der Waals surface area contributed by atoms with Gasteiger partial charge in [0, 0.05) is 18.3 Å². The van der Waals surface area contributed by atoms with E-state index in [1.54, 1.807) is 0 Å². The van der Waals surface area contributed by atoms with Gasteiger partial charge < -0.3 is 10.0 Å². The molecule has 0 aliphatic carbocycles. The normalized spacial score (nSPS) is 10.4. The number of anilines is 2. The summed E-state index contributed by atoms with van der Waals surface area (Å²) in [5, 5.41) is 10.0. The number of nitrogens with zero attached hydrogens (tertiary/aromatic N) is 1. The SMILES string of the molecule is Cc1ccc(N(C)c2c(Cl)cccc2CO)cc1. The summed E-state index contributed by atoms with van der Waals surface area (Å²) >= 11 is 6.23. The molecule has 0 bridgehead atoms. The Labute approximate surface area is 112 Å². The van der Waals surface area contributed by atoms with Gasteiger partial charge in [-0.2, -0.15) is 0 Å². The number of aryl methyl sites for hydroxylation is 1. The zero-order chi connectivity index (χ0) is 13.1. The van der Waals surface area contributed by atoms with Gasteiger partial charge >= 0.3 is 0 Å². The van der Waals surface area contributed by atoms with Crippen LogP contribution in [-0.2, 0) is 6.61 Å². The summed E-state index contributed by atoms with van der Waals surface area (Å²) in [4.78, 5) is 1.99. The van der Waals surface area contributed by atoms with Crippen LogP contribution in [0.5, 0.6) is 0 Å². The van der Waals surface area contributed by atoms with Crippen molar-refractivity contribution in [3.8, 4) is 0 Å². The van der Waals surface area contributed by atoms with E-state index in [2.05, 4.69) is 19.1 Å². The molecule has 2 aromatic rings. The van der Waals surface area contributed by atoms with Gasteiger partial charge in [-0.05, 0) is 25.1 Å². The smallest absolute Gasteiger partial charge is 0.0702 e. The Kier molecular flexibility index (Phi) is 3.90. The van der Waals surface area contributed by atoms with Crippen molar-refractivity contribution in [2.45, 2.75) is 13.5 Å². The van der Waals surface area contributed by atoms with E-state index in [0.29, 0.717) is 5.02 Å². The van der Waals surface area contributed by atoms with Gasteiger partial charge in [0.25, 0.3) is 0 Å². The summed E-state index contributed by atoms with van der Waals surface area (Å²) in [5.41, 5.74) is 3.94. The van der Waals surface area contributed by atoms with Gasteiger partial charge in [0.05, 0.1) is 17.3 Å². The fourth-order valence-electron chi connectivity index (χ4n) is 1.96. The number of hydrogen-bond acceptors (Lipinski definition) is 2. The summed E-state index contributed by atoms with van der Waals surface area (Å²) in [5.74, 6) is 0. The molecule has 0 heterocycles. The molecule has 0 fully saturated rings. The van der Waals surface area contributed by atoms with Gasteiger partial charge in [-0.15, -0.1) is 0 Å². The van der Waals surface area contributed by atoms with Gasteiger partial charge in [-0.25, -0.2) is 0 Å². The highest BCUT2D eigenvalue weighted by atomic mass is 35.5. The van der Waals surface area contributed by atoms with Crippen LogP contribution in [-0.4, -0.2) is 12.2 Å². The average molecular weight is 262 g/mol. The largest absolute Gasteiger partial charge is 0.392 e. The predicted molar refractivity (Wildman–Crippen MR) is 76.6 cm³/mol. The van der Waals surface area contributed by atoms with Crippen LogP contribution in [0.3, 0.4) is 0 Å². The second-order valence-electron chi connectivity index (χ2n) is 4.30. The van der Waals surface area contributed by atoms with E-state index in [4.69, 9.17) is 11.6 Å². The average Bonchev–Trinajstić information content (AvgIpc) is 2.38. The first-order chi connectivity index (χ1) is 8.63. The number of benzene rings is 2. The molecule has 94 valence electrons. The highest BCUT2D eigenvalue weighted by Gasteiger charge is 2.12. The first-order valence-corrected chi connectivity index (χ1v) is 6.20. The van der Waals surface area contributed by atoms with Crippen LogP contribution >= 0.6 is 11.6 Å². The summed E-state index contributed by atoms with van der Waals surface area (Å²) in [6.07, 6.45) is 0. The summed E-state index contributed by atoms with van der Waals surface area (Å²) in [6, 6.07) is 13.8. The molecule has 2 nitrogen and oxygen atoms in total. The van der Waals surface area contributed by atoms with Crippen LogP contribution in [0.1, 0.15) is 11.1 Å².